The largest absolute Gasteiger partial charge is 0.308 e. The molecule has 0 radical (unpaired) electrons. The van der Waals surface area contributed by atoms with Crippen LogP contribution in [0.1, 0.15) is 50.9 Å². The molecule has 2 aliphatic rings. The van der Waals surface area contributed by atoms with E-state index in [4.69, 9.17) is 0 Å². The maximum Gasteiger partial charge on any atom is 0.0625 e. The minimum Gasteiger partial charge on any atom is -0.308 e. The van der Waals surface area contributed by atoms with Crippen LogP contribution >= 0.6 is 0 Å². The Bertz CT molecular complexity index is 410. The second-order valence-electron chi connectivity index (χ2n) is 5.96. The number of aromatic nitrogens is 2. The van der Waals surface area contributed by atoms with Crippen molar-refractivity contribution in [3.8, 4) is 0 Å². The highest BCUT2D eigenvalue weighted by Gasteiger charge is 2.39. The Kier molecular flexibility index (Phi) is 3.42. The van der Waals surface area contributed by atoms with Gasteiger partial charge in [-0.2, -0.15) is 5.10 Å². The van der Waals surface area contributed by atoms with Gasteiger partial charge < -0.3 is 5.32 Å². The van der Waals surface area contributed by atoms with E-state index in [9.17, 15) is 0 Å². The molecule has 1 N–H and O–H groups in total. The lowest BCUT2D eigenvalue weighted by Gasteiger charge is -2.23. The van der Waals surface area contributed by atoms with E-state index in [1.807, 2.05) is 0 Å². The van der Waals surface area contributed by atoms with Gasteiger partial charge in [0.15, 0.2) is 0 Å². The Balaban J connectivity index is 1.61. The standard InChI is InChI=1S/C15H25N3/c1-3-13-9-14(18(4-2)17-13)10-16-15-8-11-5-6-12(15)7-11/h9,11-12,15-16H,3-8,10H2,1-2H3. The molecule has 18 heavy (non-hydrogen) atoms. The van der Waals surface area contributed by atoms with Crippen LogP contribution in [0.3, 0.4) is 0 Å². The van der Waals surface area contributed by atoms with E-state index in [2.05, 4.69) is 35.0 Å². The number of hydrogen-bond acceptors (Lipinski definition) is 2. The molecular formula is C15H25N3. The SMILES string of the molecule is CCc1cc(CNC2CC3CCC2C3)n(CC)n1. The van der Waals surface area contributed by atoms with Gasteiger partial charge in [-0.05, 0) is 50.5 Å². The average molecular weight is 247 g/mol. The number of aryl methyl sites for hydroxylation is 2. The fourth-order valence-corrected chi connectivity index (χ4v) is 3.83. The van der Waals surface area contributed by atoms with Crippen LogP contribution in [0, 0.1) is 11.8 Å². The molecule has 0 spiro atoms. The highest BCUT2D eigenvalue weighted by molar-refractivity contribution is 5.11. The average Bonchev–Trinajstić information content (AvgIpc) is 3.10. The molecule has 1 heterocycles. The van der Waals surface area contributed by atoms with E-state index in [1.54, 1.807) is 0 Å². The number of hydrogen-bond donors (Lipinski definition) is 1. The molecule has 3 nitrogen and oxygen atoms in total. The summed E-state index contributed by atoms with van der Waals surface area (Å²) in [6.07, 6.45) is 6.86. The van der Waals surface area contributed by atoms with Crippen LogP contribution in [-0.2, 0) is 19.5 Å². The smallest absolute Gasteiger partial charge is 0.0625 e. The first-order chi connectivity index (χ1) is 8.80. The fourth-order valence-electron chi connectivity index (χ4n) is 3.83. The first-order valence-electron chi connectivity index (χ1n) is 7.59. The molecule has 0 saturated heterocycles. The van der Waals surface area contributed by atoms with Gasteiger partial charge in [-0.1, -0.05) is 13.3 Å². The molecule has 3 atom stereocenters. The van der Waals surface area contributed by atoms with E-state index in [-0.39, 0.29) is 0 Å². The summed E-state index contributed by atoms with van der Waals surface area (Å²) in [6.45, 7) is 6.32. The molecule has 0 aliphatic heterocycles. The van der Waals surface area contributed by atoms with Crippen molar-refractivity contribution < 1.29 is 0 Å². The summed E-state index contributed by atoms with van der Waals surface area (Å²) in [7, 11) is 0. The summed E-state index contributed by atoms with van der Waals surface area (Å²) in [5, 5.41) is 8.40. The van der Waals surface area contributed by atoms with E-state index in [0.29, 0.717) is 0 Å². The summed E-state index contributed by atoms with van der Waals surface area (Å²) in [4.78, 5) is 0. The first-order valence-corrected chi connectivity index (χ1v) is 7.59. The van der Waals surface area contributed by atoms with E-state index < -0.39 is 0 Å². The predicted molar refractivity (Wildman–Crippen MR) is 73.4 cm³/mol. The maximum absolute atomic E-state index is 4.62. The van der Waals surface area contributed by atoms with Crippen molar-refractivity contribution in [2.24, 2.45) is 11.8 Å². The lowest BCUT2D eigenvalue weighted by atomic mass is 9.95. The molecule has 2 saturated carbocycles. The first kappa shape index (κ1) is 12.2. The van der Waals surface area contributed by atoms with Crippen molar-refractivity contribution in [2.75, 3.05) is 0 Å². The van der Waals surface area contributed by atoms with Gasteiger partial charge >= 0.3 is 0 Å². The van der Waals surface area contributed by atoms with Crippen LogP contribution in [0.15, 0.2) is 6.07 Å². The Hall–Kier alpha value is -0.830. The van der Waals surface area contributed by atoms with Crippen molar-refractivity contribution in [2.45, 2.75) is 65.1 Å². The van der Waals surface area contributed by atoms with E-state index in [1.165, 1.54) is 37.1 Å². The van der Waals surface area contributed by atoms with Crippen LogP contribution < -0.4 is 5.32 Å². The summed E-state index contributed by atoms with van der Waals surface area (Å²) < 4.78 is 2.15. The quantitative estimate of drug-likeness (QED) is 0.867. The van der Waals surface area contributed by atoms with Crippen LogP contribution in [0.5, 0.6) is 0 Å². The molecule has 3 rings (SSSR count). The summed E-state index contributed by atoms with van der Waals surface area (Å²) in [6, 6.07) is 3.04. The van der Waals surface area contributed by atoms with Crippen LogP contribution in [0.2, 0.25) is 0 Å². The zero-order valence-electron chi connectivity index (χ0n) is 11.7. The highest BCUT2D eigenvalue weighted by atomic mass is 15.3. The lowest BCUT2D eigenvalue weighted by Crippen LogP contribution is -2.34. The van der Waals surface area contributed by atoms with Gasteiger partial charge in [0.05, 0.1) is 11.4 Å². The second-order valence-corrected chi connectivity index (χ2v) is 5.96. The van der Waals surface area contributed by atoms with Crippen molar-refractivity contribution in [1.29, 1.82) is 0 Å². The third-order valence-electron chi connectivity index (χ3n) is 4.86. The molecule has 2 bridgehead atoms. The Morgan fingerprint density at radius 3 is 2.83 bits per heavy atom. The predicted octanol–water partition coefficient (Wildman–Crippen LogP) is 2.74. The van der Waals surface area contributed by atoms with Crippen LogP contribution in [0.4, 0.5) is 0 Å². The molecule has 2 aliphatic carbocycles. The maximum atomic E-state index is 4.62. The zero-order chi connectivity index (χ0) is 12.5. The topological polar surface area (TPSA) is 29.9 Å². The third kappa shape index (κ3) is 2.20. The fraction of sp³-hybridized carbons (Fsp3) is 0.800. The summed E-state index contributed by atoms with van der Waals surface area (Å²) in [5.74, 6) is 1.98. The normalized spacial score (nSPS) is 30.2. The molecular weight excluding hydrogens is 222 g/mol. The number of nitrogens with zero attached hydrogens (tertiary/aromatic N) is 2. The number of rotatable bonds is 5. The van der Waals surface area contributed by atoms with Crippen LogP contribution in [0.25, 0.3) is 0 Å². The molecule has 3 unspecified atom stereocenters. The molecule has 3 heteroatoms. The summed E-state index contributed by atoms with van der Waals surface area (Å²) >= 11 is 0. The van der Waals surface area contributed by atoms with Crippen molar-refractivity contribution >= 4 is 0 Å². The van der Waals surface area contributed by atoms with Gasteiger partial charge in [-0.15, -0.1) is 0 Å². The Morgan fingerprint density at radius 1 is 1.33 bits per heavy atom. The van der Waals surface area contributed by atoms with Gasteiger partial charge in [-0.25, -0.2) is 0 Å². The number of fused-ring (bicyclic) bond motifs is 2. The van der Waals surface area contributed by atoms with E-state index in [0.717, 1.165) is 37.4 Å². The number of nitrogens with one attached hydrogen (secondary N) is 1. The molecule has 2 fully saturated rings. The minimum atomic E-state index is 0.772. The Labute approximate surface area is 110 Å². The van der Waals surface area contributed by atoms with E-state index >= 15 is 0 Å². The van der Waals surface area contributed by atoms with Gasteiger partial charge in [-0.3, -0.25) is 4.68 Å². The highest BCUT2D eigenvalue weighted by Crippen LogP contribution is 2.44. The molecule has 0 amide bonds. The molecule has 1 aromatic heterocycles. The second kappa shape index (κ2) is 5.04. The van der Waals surface area contributed by atoms with Gasteiger partial charge in [0, 0.05) is 19.1 Å². The summed E-state index contributed by atoms with van der Waals surface area (Å²) in [5.41, 5.74) is 2.58. The zero-order valence-corrected chi connectivity index (χ0v) is 11.7. The van der Waals surface area contributed by atoms with Gasteiger partial charge in [0.2, 0.25) is 0 Å². The van der Waals surface area contributed by atoms with Crippen LogP contribution in [-0.4, -0.2) is 15.8 Å². The molecule has 1 aromatic rings. The van der Waals surface area contributed by atoms with Crippen molar-refractivity contribution in [1.82, 2.24) is 15.1 Å². The monoisotopic (exact) mass is 247 g/mol. The minimum absolute atomic E-state index is 0.772. The third-order valence-corrected chi connectivity index (χ3v) is 4.86. The van der Waals surface area contributed by atoms with Gasteiger partial charge in [0.1, 0.15) is 0 Å². The van der Waals surface area contributed by atoms with Crippen molar-refractivity contribution in [3.05, 3.63) is 17.5 Å². The van der Waals surface area contributed by atoms with Gasteiger partial charge in [0.25, 0.3) is 0 Å². The lowest BCUT2D eigenvalue weighted by molar-refractivity contribution is 0.346. The Morgan fingerprint density at radius 2 is 2.22 bits per heavy atom. The molecule has 100 valence electrons. The molecule has 0 aromatic carbocycles. The van der Waals surface area contributed by atoms with Crippen molar-refractivity contribution in [3.63, 3.8) is 0 Å².